The maximum Gasteiger partial charge on any atom is 0.0931 e. The molecule has 0 bridgehead atoms. The molecule has 76 valence electrons. The van der Waals surface area contributed by atoms with Gasteiger partial charge in [0.25, 0.3) is 0 Å². The summed E-state index contributed by atoms with van der Waals surface area (Å²) in [5.41, 5.74) is 0.186. The summed E-state index contributed by atoms with van der Waals surface area (Å²) in [7, 11) is 0. The van der Waals surface area contributed by atoms with Gasteiger partial charge in [0.05, 0.1) is 5.01 Å². The van der Waals surface area contributed by atoms with E-state index in [4.69, 9.17) is 0 Å². The minimum atomic E-state index is 0.186. The van der Waals surface area contributed by atoms with Gasteiger partial charge in [0.1, 0.15) is 0 Å². The van der Waals surface area contributed by atoms with Crippen molar-refractivity contribution in [3.8, 4) is 0 Å². The van der Waals surface area contributed by atoms with Crippen molar-refractivity contribution in [3.63, 3.8) is 0 Å². The topological polar surface area (TPSA) is 33.1 Å². The van der Waals surface area contributed by atoms with E-state index in [0.29, 0.717) is 6.61 Å². The maximum atomic E-state index is 9.53. The Morgan fingerprint density at radius 3 is 2.86 bits per heavy atom. The molecule has 2 saturated carbocycles. The van der Waals surface area contributed by atoms with Gasteiger partial charge in [0, 0.05) is 30.0 Å². The highest BCUT2D eigenvalue weighted by molar-refractivity contribution is 7.09. The van der Waals surface area contributed by atoms with E-state index in [9.17, 15) is 5.11 Å². The average molecular weight is 209 g/mol. The lowest BCUT2D eigenvalue weighted by Crippen LogP contribution is -2.26. The van der Waals surface area contributed by atoms with Crippen LogP contribution in [0.3, 0.4) is 0 Å². The second-order valence-corrected chi connectivity index (χ2v) is 5.90. The van der Waals surface area contributed by atoms with Gasteiger partial charge in [-0.15, -0.1) is 11.3 Å². The van der Waals surface area contributed by atoms with Crippen molar-refractivity contribution in [3.05, 3.63) is 16.6 Å². The zero-order valence-electron chi connectivity index (χ0n) is 8.15. The molecule has 0 aliphatic heterocycles. The Bertz CT molecular complexity index is 312. The molecule has 2 fully saturated rings. The molecule has 1 aromatic rings. The van der Waals surface area contributed by atoms with E-state index in [1.165, 1.54) is 24.3 Å². The number of thiazole rings is 1. The highest BCUT2D eigenvalue weighted by atomic mass is 32.1. The Morgan fingerprint density at radius 2 is 2.29 bits per heavy atom. The van der Waals surface area contributed by atoms with Gasteiger partial charge in [0.15, 0.2) is 0 Å². The summed E-state index contributed by atoms with van der Waals surface area (Å²) in [5.74, 6) is 1.87. The van der Waals surface area contributed by atoms with Gasteiger partial charge in [-0.3, -0.25) is 0 Å². The number of hydrogen-bond donors (Lipinski definition) is 1. The van der Waals surface area contributed by atoms with Gasteiger partial charge in [-0.05, 0) is 31.1 Å². The minimum absolute atomic E-state index is 0.186. The summed E-state index contributed by atoms with van der Waals surface area (Å²) in [6.07, 6.45) is 6.73. The van der Waals surface area contributed by atoms with Crippen LogP contribution in [0.1, 0.15) is 24.3 Å². The molecule has 2 nitrogen and oxygen atoms in total. The normalized spacial score (nSPS) is 39.8. The number of fused-ring (bicyclic) bond motifs is 1. The number of aliphatic hydroxyl groups excluding tert-OH is 1. The van der Waals surface area contributed by atoms with E-state index in [1.54, 1.807) is 11.3 Å². The van der Waals surface area contributed by atoms with Crippen LogP contribution in [0, 0.1) is 17.3 Å². The number of hydrogen-bond acceptors (Lipinski definition) is 3. The van der Waals surface area contributed by atoms with E-state index < -0.39 is 0 Å². The summed E-state index contributed by atoms with van der Waals surface area (Å²) >= 11 is 1.72. The van der Waals surface area contributed by atoms with Crippen molar-refractivity contribution in [1.29, 1.82) is 0 Å². The molecule has 14 heavy (non-hydrogen) atoms. The van der Waals surface area contributed by atoms with Crippen LogP contribution in [0.15, 0.2) is 11.6 Å². The first-order valence-electron chi connectivity index (χ1n) is 5.31. The van der Waals surface area contributed by atoms with Crippen LogP contribution in [-0.4, -0.2) is 16.7 Å². The first kappa shape index (κ1) is 8.86. The minimum Gasteiger partial charge on any atom is -0.396 e. The van der Waals surface area contributed by atoms with Gasteiger partial charge in [-0.25, -0.2) is 4.98 Å². The third-order valence-electron chi connectivity index (χ3n) is 3.80. The molecule has 2 atom stereocenters. The standard InChI is InChI=1S/C11H15NOS/c13-7-11(4-8-3-9(8)5-11)6-10-12-1-2-14-10/h1-2,8-9,13H,3-7H2. The summed E-state index contributed by atoms with van der Waals surface area (Å²) in [6.45, 7) is 0.347. The summed E-state index contributed by atoms with van der Waals surface area (Å²) in [5, 5.41) is 12.7. The third-order valence-corrected chi connectivity index (χ3v) is 4.58. The lowest BCUT2D eigenvalue weighted by atomic mass is 9.81. The zero-order chi connectivity index (χ0) is 9.60. The Balaban J connectivity index is 1.75. The third kappa shape index (κ3) is 1.39. The number of aromatic nitrogens is 1. The highest BCUT2D eigenvalue weighted by Gasteiger charge is 2.53. The van der Waals surface area contributed by atoms with E-state index >= 15 is 0 Å². The predicted molar refractivity (Wildman–Crippen MR) is 56.2 cm³/mol. The van der Waals surface area contributed by atoms with Crippen molar-refractivity contribution < 1.29 is 5.11 Å². The zero-order valence-corrected chi connectivity index (χ0v) is 8.96. The molecule has 1 aromatic heterocycles. The molecule has 1 N–H and O–H groups in total. The molecule has 1 heterocycles. The van der Waals surface area contributed by atoms with Gasteiger partial charge in [-0.2, -0.15) is 0 Å². The van der Waals surface area contributed by atoms with E-state index in [-0.39, 0.29) is 5.41 Å². The maximum absolute atomic E-state index is 9.53. The van der Waals surface area contributed by atoms with Crippen LogP contribution in [0.4, 0.5) is 0 Å². The average Bonchev–Trinajstić information content (AvgIpc) is 2.68. The van der Waals surface area contributed by atoms with Crippen LogP contribution in [0.5, 0.6) is 0 Å². The Labute approximate surface area is 88.0 Å². The fourth-order valence-corrected chi connectivity index (χ4v) is 3.79. The number of aliphatic hydroxyl groups is 1. The van der Waals surface area contributed by atoms with Crippen molar-refractivity contribution >= 4 is 11.3 Å². The molecular weight excluding hydrogens is 194 g/mol. The molecule has 2 aliphatic rings. The Morgan fingerprint density at radius 1 is 1.50 bits per heavy atom. The van der Waals surface area contributed by atoms with Crippen LogP contribution >= 0.6 is 11.3 Å². The van der Waals surface area contributed by atoms with Crippen molar-refractivity contribution in [2.75, 3.05) is 6.61 Å². The van der Waals surface area contributed by atoms with Crippen LogP contribution in [-0.2, 0) is 6.42 Å². The fraction of sp³-hybridized carbons (Fsp3) is 0.727. The Kier molecular flexibility index (Phi) is 1.92. The lowest BCUT2D eigenvalue weighted by molar-refractivity contribution is 0.117. The largest absolute Gasteiger partial charge is 0.396 e. The smallest absolute Gasteiger partial charge is 0.0931 e. The fourth-order valence-electron chi connectivity index (χ4n) is 3.00. The molecule has 0 amide bonds. The molecule has 3 heteroatoms. The quantitative estimate of drug-likeness (QED) is 0.827. The van der Waals surface area contributed by atoms with E-state index in [0.717, 1.165) is 18.3 Å². The van der Waals surface area contributed by atoms with Gasteiger partial charge >= 0.3 is 0 Å². The number of nitrogens with zero attached hydrogens (tertiary/aromatic N) is 1. The highest BCUT2D eigenvalue weighted by Crippen LogP contribution is 2.60. The lowest BCUT2D eigenvalue weighted by Gasteiger charge is -2.27. The predicted octanol–water partition coefficient (Wildman–Crippen LogP) is 2.09. The molecule has 0 spiro atoms. The van der Waals surface area contributed by atoms with Crippen LogP contribution < -0.4 is 0 Å². The van der Waals surface area contributed by atoms with Crippen LogP contribution in [0.25, 0.3) is 0 Å². The number of rotatable bonds is 3. The second kappa shape index (κ2) is 3.04. The molecule has 3 rings (SSSR count). The molecule has 0 radical (unpaired) electrons. The molecular formula is C11H15NOS. The van der Waals surface area contributed by atoms with Gasteiger partial charge in [-0.1, -0.05) is 0 Å². The molecule has 2 aliphatic carbocycles. The first-order valence-corrected chi connectivity index (χ1v) is 6.18. The monoisotopic (exact) mass is 209 g/mol. The SMILES string of the molecule is OCC1(Cc2nccs2)CC2CC2C1. The van der Waals surface area contributed by atoms with Crippen LogP contribution in [0.2, 0.25) is 0 Å². The first-order chi connectivity index (χ1) is 6.81. The van der Waals surface area contributed by atoms with E-state index in [2.05, 4.69) is 4.98 Å². The van der Waals surface area contributed by atoms with Crippen molar-refractivity contribution in [2.45, 2.75) is 25.7 Å². The van der Waals surface area contributed by atoms with Crippen molar-refractivity contribution in [1.82, 2.24) is 4.98 Å². The second-order valence-electron chi connectivity index (χ2n) is 4.92. The van der Waals surface area contributed by atoms with Gasteiger partial charge < -0.3 is 5.11 Å². The van der Waals surface area contributed by atoms with Crippen molar-refractivity contribution in [2.24, 2.45) is 17.3 Å². The summed E-state index contributed by atoms with van der Waals surface area (Å²) < 4.78 is 0. The van der Waals surface area contributed by atoms with Gasteiger partial charge in [0.2, 0.25) is 0 Å². The van der Waals surface area contributed by atoms with E-state index in [1.807, 2.05) is 11.6 Å². The molecule has 0 saturated heterocycles. The molecule has 2 unspecified atom stereocenters. The molecule has 0 aromatic carbocycles. The summed E-state index contributed by atoms with van der Waals surface area (Å²) in [4.78, 5) is 4.32. The summed E-state index contributed by atoms with van der Waals surface area (Å²) in [6, 6.07) is 0. The Hall–Kier alpha value is -0.410.